The van der Waals surface area contributed by atoms with E-state index in [4.69, 9.17) is 4.74 Å². The number of nitrogens with zero attached hydrogens (tertiary/aromatic N) is 1. The molecule has 1 heterocycles. The Hall–Kier alpha value is -2.14. The first-order valence-corrected chi connectivity index (χ1v) is 6.17. The van der Waals surface area contributed by atoms with Crippen molar-refractivity contribution in [2.75, 3.05) is 6.61 Å². The number of nitrogens with one attached hydrogen (secondary N) is 1. The van der Waals surface area contributed by atoms with Crippen LogP contribution >= 0.6 is 0 Å². The van der Waals surface area contributed by atoms with Crippen LogP contribution in [-0.4, -0.2) is 21.7 Å². The van der Waals surface area contributed by atoms with E-state index >= 15 is 0 Å². The summed E-state index contributed by atoms with van der Waals surface area (Å²) in [4.78, 5) is 18.6. The standard InChI is InChI=1S/C14H16N2O3/c1-2-8-19-9-11-15-13(17)12(14(18)16-11)10-6-4-3-5-7-10/h3-7H,2,8-9H2,1H3,(H2,15,16,17,18). The Bertz CT molecular complexity index is 593. The van der Waals surface area contributed by atoms with Gasteiger partial charge in [0.25, 0.3) is 5.56 Å². The fraction of sp³-hybridized carbons (Fsp3) is 0.286. The number of benzene rings is 1. The number of hydrogen-bond donors (Lipinski definition) is 2. The topological polar surface area (TPSA) is 75.2 Å². The molecule has 19 heavy (non-hydrogen) atoms. The molecule has 1 aromatic heterocycles. The number of aromatic hydroxyl groups is 1. The third kappa shape index (κ3) is 3.20. The summed E-state index contributed by atoms with van der Waals surface area (Å²) in [6, 6.07) is 8.94. The summed E-state index contributed by atoms with van der Waals surface area (Å²) >= 11 is 0. The van der Waals surface area contributed by atoms with Gasteiger partial charge in [-0.15, -0.1) is 0 Å². The molecular formula is C14H16N2O3. The van der Waals surface area contributed by atoms with Gasteiger partial charge in [0.15, 0.2) is 0 Å². The number of hydrogen-bond acceptors (Lipinski definition) is 4. The summed E-state index contributed by atoms with van der Waals surface area (Å²) in [7, 11) is 0. The van der Waals surface area contributed by atoms with Crippen LogP contribution in [0.3, 0.4) is 0 Å². The van der Waals surface area contributed by atoms with Crippen molar-refractivity contribution < 1.29 is 9.84 Å². The monoisotopic (exact) mass is 260 g/mol. The lowest BCUT2D eigenvalue weighted by atomic mass is 10.1. The van der Waals surface area contributed by atoms with Gasteiger partial charge in [0.2, 0.25) is 5.88 Å². The zero-order chi connectivity index (χ0) is 13.7. The number of aromatic nitrogens is 2. The van der Waals surface area contributed by atoms with E-state index in [0.29, 0.717) is 18.0 Å². The lowest BCUT2D eigenvalue weighted by Gasteiger charge is -2.06. The third-order valence-electron chi connectivity index (χ3n) is 2.60. The molecule has 0 fully saturated rings. The van der Waals surface area contributed by atoms with Crippen LogP contribution in [0, 0.1) is 0 Å². The van der Waals surface area contributed by atoms with Crippen LogP contribution in [0.4, 0.5) is 0 Å². The molecule has 0 amide bonds. The second-order valence-corrected chi connectivity index (χ2v) is 4.13. The van der Waals surface area contributed by atoms with E-state index in [9.17, 15) is 9.90 Å². The molecule has 2 rings (SSSR count). The molecule has 0 spiro atoms. The molecule has 100 valence electrons. The van der Waals surface area contributed by atoms with Gasteiger partial charge < -0.3 is 14.8 Å². The molecule has 0 saturated heterocycles. The highest BCUT2D eigenvalue weighted by Crippen LogP contribution is 2.22. The zero-order valence-electron chi connectivity index (χ0n) is 10.7. The van der Waals surface area contributed by atoms with Crippen LogP contribution in [0.5, 0.6) is 5.88 Å². The Morgan fingerprint density at radius 3 is 2.68 bits per heavy atom. The fourth-order valence-electron chi connectivity index (χ4n) is 1.75. The summed E-state index contributed by atoms with van der Waals surface area (Å²) in [5, 5.41) is 9.90. The maximum atomic E-state index is 12.0. The van der Waals surface area contributed by atoms with Crippen molar-refractivity contribution in [3.8, 4) is 17.0 Å². The molecule has 0 atom stereocenters. The predicted octanol–water partition coefficient (Wildman–Crippen LogP) is 2.07. The maximum Gasteiger partial charge on any atom is 0.262 e. The second-order valence-electron chi connectivity index (χ2n) is 4.13. The molecule has 5 heteroatoms. The first-order chi connectivity index (χ1) is 9.22. The van der Waals surface area contributed by atoms with Gasteiger partial charge in [-0.25, -0.2) is 0 Å². The van der Waals surface area contributed by atoms with Crippen LogP contribution in [0.15, 0.2) is 35.1 Å². The van der Waals surface area contributed by atoms with Gasteiger partial charge in [-0.1, -0.05) is 37.3 Å². The van der Waals surface area contributed by atoms with Crippen LogP contribution < -0.4 is 5.56 Å². The summed E-state index contributed by atoms with van der Waals surface area (Å²) in [5.74, 6) is 0.0562. The summed E-state index contributed by atoms with van der Waals surface area (Å²) in [5.41, 5.74) is 0.448. The predicted molar refractivity (Wildman–Crippen MR) is 71.9 cm³/mol. The van der Waals surface area contributed by atoms with Crippen molar-refractivity contribution in [1.29, 1.82) is 0 Å². The van der Waals surface area contributed by atoms with E-state index in [-0.39, 0.29) is 23.6 Å². The Labute approximate surface area is 110 Å². The summed E-state index contributed by atoms with van der Waals surface area (Å²) in [6.07, 6.45) is 0.887. The van der Waals surface area contributed by atoms with E-state index in [2.05, 4.69) is 9.97 Å². The zero-order valence-corrected chi connectivity index (χ0v) is 10.7. The van der Waals surface area contributed by atoms with E-state index < -0.39 is 0 Å². The normalized spacial score (nSPS) is 10.6. The highest BCUT2D eigenvalue weighted by molar-refractivity contribution is 5.66. The molecule has 0 saturated carbocycles. The van der Waals surface area contributed by atoms with Crippen LogP contribution in [0.2, 0.25) is 0 Å². The van der Waals surface area contributed by atoms with Crippen molar-refractivity contribution in [3.63, 3.8) is 0 Å². The molecule has 1 aromatic carbocycles. The Morgan fingerprint density at radius 2 is 2.05 bits per heavy atom. The van der Waals surface area contributed by atoms with Gasteiger partial charge in [0, 0.05) is 6.61 Å². The average molecular weight is 260 g/mol. The van der Waals surface area contributed by atoms with Crippen LogP contribution in [0.1, 0.15) is 19.2 Å². The van der Waals surface area contributed by atoms with Crippen LogP contribution in [0.25, 0.3) is 11.1 Å². The molecule has 0 aliphatic rings. The Balaban J connectivity index is 2.30. The maximum absolute atomic E-state index is 12.0. The highest BCUT2D eigenvalue weighted by atomic mass is 16.5. The van der Waals surface area contributed by atoms with E-state index in [1.807, 2.05) is 13.0 Å². The number of ether oxygens (including phenoxy) is 1. The molecule has 0 bridgehead atoms. The van der Waals surface area contributed by atoms with Crippen molar-refractivity contribution >= 4 is 0 Å². The quantitative estimate of drug-likeness (QED) is 0.807. The minimum Gasteiger partial charge on any atom is -0.493 e. The Kier molecular flexibility index (Phi) is 4.30. The number of aromatic amines is 1. The first kappa shape index (κ1) is 13.3. The summed E-state index contributed by atoms with van der Waals surface area (Å²) in [6.45, 7) is 2.77. The molecule has 0 aliphatic carbocycles. The average Bonchev–Trinajstić information content (AvgIpc) is 2.39. The van der Waals surface area contributed by atoms with Crippen molar-refractivity contribution in [1.82, 2.24) is 9.97 Å². The van der Waals surface area contributed by atoms with E-state index in [1.54, 1.807) is 24.3 Å². The molecule has 0 radical (unpaired) electrons. The molecule has 0 unspecified atom stereocenters. The van der Waals surface area contributed by atoms with Crippen molar-refractivity contribution in [3.05, 3.63) is 46.5 Å². The number of rotatable bonds is 5. The van der Waals surface area contributed by atoms with Gasteiger partial charge in [-0.3, -0.25) is 4.79 Å². The molecule has 0 aliphatic heterocycles. The van der Waals surface area contributed by atoms with Gasteiger partial charge in [0.05, 0.1) is 0 Å². The molecule has 2 N–H and O–H groups in total. The molecular weight excluding hydrogens is 244 g/mol. The first-order valence-electron chi connectivity index (χ1n) is 6.17. The summed E-state index contributed by atoms with van der Waals surface area (Å²) < 4.78 is 5.28. The van der Waals surface area contributed by atoms with Crippen LogP contribution in [-0.2, 0) is 11.3 Å². The lowest BCUT2D eigenvalue weighted by molar-refractivity contribution is 0.115. The van der Waals surface area contributed by atoms with Gasteiger partial charge >= 0.3 is 0 Å². The molecule has 5 nitrogen and oxygen atoms in total. The largest absolute Gasteiger partial charge is 0.493 e. The Morgan fingerprint density at radius 1 is 1.32 bits per heavy atom. The number of H-pyrrole nitrogens is 1. The van der Waals surface area contributed by atoms with Crippen molar-refractivity contribution in [2.24, 2.45) is 0 Å². The van der Waals surface area contributed by atoms with Gasteiger partial charge in [-0.05, 0) is 12.0 Å². The highest BCUT2D eigenvalue weighted by Gasteiger charge is 2.12. The minimum atomic E-state index is -0.367. The smallest absolute Gasteiger partial charge is 0.262 e. The fourth-order valence-corrected chi connectivity index (χ4v) is 1.75. The SMILES string of the molecule is CCCOCc1nc(O)c(-c2ccccc2)c(=O)[nH]1. The third-order valence-corrected chi connectivity index (χ3v) is 2.60. The van der Waals surface area contributed by atoms with Gasteiger partial charge in [0.1, 0.15) is 18.0 Å². The second kappa shape index (κ2) is 6.15. The van der Waals surface area contributed by atoms with E-state index in [1.165, 1.54) is 0 Å². The van der Waals surface area contributed by atoms with E-state index in [0.717, 1.165) is 6.42 Å². The minimum absolute atomic E-state index is 0.180. The van der Waals surface area contributed by atoms with Gasteiger partial charge in [-0.2, -0.15) is 4.98 Å². The lowest BCUT2D eigenvalue weighted by Crippen LogP contribution is -2.15. The van der Waals surface area contributed by atoms with Crippen molar-refractivity contribution in [2.45, 2.75) is 20.0 Å². The molecule has 2 aromatic rings.